The average Bonchev–Trinajstić information content (AvgIpc) is 2.15. The molecular formula is C8H6I3N3O. The Balaban J connectivity index is 2.72. The van der Waals surface area contributed by atoms with Gasteiger partial charge in [0.05, 0.1) is 20.3 Å². The maximum Gasteiger partial charge on any atom is 0.145 e. The number of benzene rings is 1. The second-order valence-corrected chi connectivity index (χ2v) is 6.07. The topological polar surface area (TPSA) is 58.0 Å². The molecule has 1 rings (SSSR count). The largest absolute Gasteiger partial charge is 0.491 e. The fourth-order valence-corrected chi connectivity index (χ4v) is 4.79. The van der Waals surface area contributed by atoms with Crippen LogP contribution in [0.25, 0.3) is 10.4 Å². The van der Waals surface area contributed by atoms with E-state index in [2.05, 4.69) is 77.8 Å². The molecule has 0 aromatic heterocycles. The van der Waals surface area contributed by atoms with Crippen molar-refractivity contribution in [3.63, 3.8) is 0 Å². The summed E-state index contributed by atoms with van der Waals surface area (Å²) in [6.07, 6.45) is 0. The van der Waals surface area contributed by atoms with E-state index in [0.29, 0.717) is 13.2 Å². The Hall–Kier alpha value is 0.520. The van der Waals surface area contributed by atoms with Crippen LogP contribution in [0.5, 0.6) is 5.75 Å². The molecule has 0 heterocycles. The van der Waals surface area contributed by atoms with E-state index in [1.165, 1.54) is 3.57 Å². The van der Waals surface area contributed by atoms with Crippen molar-refractivity contribution in [3.05, 3.63) is 33.3 Å². The van der Waals surface area contributed by atoms with Gasteiger partial charge in [0.1, 0.15) is 5.75 Å². The molecule has 15 heavy (non-hydrogen) atoms. The summed E-state index contributed by atoms with van der Waals surface area (Å²) in [5, 5.41) is 3.41. The van der Waals surface area contributed by atoms with Gasteiger partial charge in [-0.1, -0.05) is 5.11 Å². The molecule has 0 radical (unpaired) electrons. The van der Waals surface area contributed by atoms with Gasteiger partial charge in [-0.25, -0.2) is 0 Å². The number of rotatable bonds is 4. The number of hydrogen-bond donors (Lipinski definition) is 0. The Morgan fingerprint density at radius 3 is 2.40 bits per heavy atom. The number of hydrogen-bond acceptors (Lipinski definition) is 2. The lowest BCUT2D eigenvalue weighted by Crippen LogP contribution is -2.03. The van der Waals surface area contributed by atoms with Crippen LogP contribution in [0.3, 0.4) is 0 Å². The van der Waals surface area contributed by atoms with Crippen LogP contribution in [0, 0.1) is 10.7 Å². The normalized spacial score (nSPS) is 9.53. The third-order valence-electron chi connectivity index (χ3n) is 1.46. The Morgan fingerprint density at radius 1 is 1.27 bits per heavy atom. The van der Waals surface area contributed by atoms with Gasteiger partial charge in [0.15, 0.2) is 0 Å². The third kappa shape index (κ3) is 4.49. The Morgan fingerprint density at radius 2 is 1.87 bits per heavy atom. The Bertz CT molecular complexity index is 381. The van der Waals surface area contributed by atoms with Gasteiger partial charge in [-0.2, -0.15) is 0 Å². The van der Waals surface area contributed by atoms with E-state index in [1.54, 1.807) is 0 Å². The first kappa shape index (κ1) is 13.6. The SMILES string of the molecule is [N-]=[N+]=NCCOc1c(I)cc(I)cc1I. The van der Waals surface area contributed by atoms with Crippen LogP contribution in [0.4, 0.5) is 0 Å². The summed E-state index contributed by atoms with van der Waals surface area (Å²) in [4.78, 5) is 2.67. The predicted molar refractivity (Wildman–Crippen MR) is 84.1 cm³/mol. The maximum absolute atomic E-state index is 8.11. The van der Waals surface area contributed by atoms with E-state index in [9.17, 15) is 0 Å². The van der Waals surface area contributed by atoms with Crippen molar-refractivity contribution in [2.45, 2.75) is 0 Å². The predicted octanol–water partition coefficient (Wildman–Crippen LogP) is 4.19. The van der Waals surface area contributed by atoms with E-state index in [0.717, 1.165) is 12.9 Å². The summed E-state index contributed by atoms with van der Waals surface area (Å²) in [6, 6.07) is 4.10. The molecule has 0 fully saturated rings. The number of halogens is 3. The molecule has 0 saturated carbocycles. The van der Waals surface area contributed by atoms with Crippen LogP contribution in [0.15, 0.2) is 17.2 Å². The highest BCUT2D eigenvalue weighted by atomic mass is 127. The molecule has 0 aliphatic rings. The summed E-state index contributed by atoms with van der Waals surface area (Å²) in [5.41, 5.74) is 8.11. The number of nitrogens with zero attached hydrogens (tertiary/aromatic N) is 3. The molecule has 0 spiro atoms. The molecule has 80 valence electrons. The van der Waals surface area contributed by atoms with Crippen LogP contribution in [0.2, 0.25) is 0 Å². The fourth-order valence-electron chi connectivity index (χ4n) is 0.900. The first-order valence-electron chi connectivity index (χ1n) is 3.93. The van der Waals surface area contributed by atoms with Crippen molar-refractivity contribution in [2.24, 2.45) is 5.11 Å². The van der Waals surface area contributed by atoms with Crippen molar-refractivity contribution in [1.82, 2.24) is 0 Å². The van der Waals surface area contributed by atoms with Crippen LogP contribution in [-0.2, 0) is 0 Å². The average molecular weight is 541 g/mol. The van der Waals surface area contributed by atoms with Crippen molar-refractivity contribution in [3.8, 4) is 5.75 Å². The van der Waals surface area contributed by atoms with E-state index >= 15 is 0 Å². The molecule has 4 nitrogen and oxygen atoms in total. The fraction of sp³-hybridized carbons (Fsp3) is 0.250. The summed E-state index contributed by atoms with van der Waals surface area (Å²) >= 11 is 6.74. The van der Waals surface area contributed by atoms with Gasteiger partial charge in [0.25, 0.3) is 0 Å². The molecular weight excluding hydrogens is 535 g/mol. The molecule has 7 heteroatoms. The maximum atomic E-state index is 8.11. The molecule has 0 atom stereocenters. The molecule has 0 saturated heterocycles. The molecule has 0 bridgehead atoms. The quantitative estimate of drug-likeness (QED) is 0.186. The number of ether oxygens (including phenoxy) is 1. The zero-order valence-corrected chi connectivity index (χ0v) is 13.9. The standard InChI is InChI=1S/C8H6I3N3O/c9-5-3-6(10)8(7(11)4-5)15-2-1-13-14-12/h3-4H,1-2H2. The van der Waals surface area contributed by atoms with Crippen molar-refractivity contribution in [2.75, 3.05) is 13.2 Å². The minimum Gasteiger partial charge on any atom is -0.491 e. The van der Waals surface area contributed by atoms with E-state index in [-0.39, 0.29) is 0 Å². The van der Waals surface area contributed by atoms with E-state index in [1.807, 2.05) is 12.1 Å². The van der Waals surface area contributed by atoms with Crippen molar-refractivity contribution in [1.29, 1.82) is 0 Å². The highest BCUT2D eigenvalue weighted by Gasteiger charge is 2.07. The zero-order chi connectivity index (χ0) is 11.3. The Labute approximate surface area is 128 Å². The minimum atomic E-state index is 0.356. The molecule has 1 aromatic carbocycles. The van der Waals surface area contributed by atoms with Gasteiger partial charge in [-0.3, -0.25) is 0 Å². The van der Waals surface area contributed by atoms with Gasteiger partial charge in [0.2, 0.25) is 0 Å². The van der Waals surface area contributed by atoms with Gasteiger partial charge >= 0.3 is 0 Å². The lowest BCUT2D eigenvalue weighted by Gasteiger charge is -2.09. The first-order chi connectivity index (χ1) is 7.15. The summed E-state index contributed by atoms with van der Waals surface area (Å²) < 4.78 is 8.87. The minimum absolute atomic E-state index is 0.356. The van der Waals surface area contributed by atoms with Crippen molar-refractivity contribution < 1.29 is 4.74 Å². The van der Waals surface area contributed by atoms with Crippen molar-refractivity contribution >= 4 is 67.8 Å². The highest BCUT2D eigenvalue weighted by molar-refractivity contribution is 14.1. The summed E-state index contributed by atoms with van der Waals surface area (Å²) in [7, 11) is 0. The first-order valence-corrected chi connectivity index (χ1v) is 7.17. The van der Waals surface area contributed by atoms with E-state index < -0.39 is 0 Å². The smallest absolute Gasteiger partial charge is 0.145 e. The lowest BCUT2D eigenvalue weighted by molar-refractivity contribution is 0.323. The second-order valence-electron chi connectivity index (χ2n) is 2.50. The molecule has 1 aromatic rings. The summed E-state index contributed by atoms with van der Waals surface area (Å²) in [5.74, 6) is 0.866. The monoisotopic (exact) mass is 541 g/mol. The van der Waals surface area contributed by atoms with Crippen LogP contribution in [0.1, 0.15) is 0 Å². The van der Waals surface area contributed by atoms with Crippen LogP contribution < -0.4 is 4.74 Å². The Kier molecular flexibility index (Phi) is 6.31. The molecule has 0 aliphatic carbocycles. The molecule has 0 aliphatic heterocycles. The molecule has 0 unspecified atom stereocenters. The van der Waals surface area contributed by atoms with Gasteiger partial charge in [-0.05, 0) is 85.4 Å². The third-order valence-corrected chi connectivity index (χ3v) is 3.69. The van der Waals surface area contributed by atoms with Gasteiger partial charge in [0, 0.05) is 8.48 Å². The van der Waals surface area contributed by atoms with Gasteiger partial charge < -0.3 is 4.74 Å². The molecule has 0 N–H and O–H groups in total. The second kappa shape index (κ2) is 6.97. The van der Waals surface area contributed by atoms with Crippen LogP contribution >= 0.6 is 67.8 Å². The summed E-state index contributed by atoms with van der Waals surface area (Å²) in [6.45, 7) is 0.769. The molecule has 0 amide bonds. The lowest BCUT2D eigenvalue weighted by atomic mass is 10.3. The van der Waals surface area contributed by atoms with Crippen LogP contribution in [-0.4, -0.2) is 13.2 Å². The van der Waals surface area contributed by atoms with E-state index in [4.69, 9.17) is 10.3 Å². The number of azide groups is 1. The zero-order valence-electron chi connectivity index (χ0n) is 7.45. The highest BCUT2D eigenvalue weighted by Crippen LogP contribution is 2.29. The van der Waals surface area contributed by atoms with Gasteiger partial charge in [-0.15, -0.1) is 0 Å².